The van der Waals surface area contributed by atoms with Crippen LogP contribution < -0.4 is 4.74 Å². The van der Waals surface area contributed by atoms with E-state index in [9.17, 15) is 9.59 Å². The molecule has 2 aromatic rings. The third-order valence-corrected chi connectivity index (χ3v) is 4.41. The van der Waals surface area contributed by atoms with Gasteiger partial charge in [-0.2, -0.15) is 0 Å². The van der Waals surface area contributed by atoms with E-state index in [2.05, 4.69) is 26.3 Å². The topological polar surface area (TPSA) is 49.9 Å². The number of nitrogens with zero attached hydrogens (tertiary/aromatic N) is 2. The van der Waals surface area contributed by atoms with Crippen LogP contribution in [0.3, 0.4) is 0 Å². The number of carbonyl (C=O) groups excluding carboxylic acids is 2. The second-order valence-corrected chi connectivity index (χ2v) is 6.73. The summed E-state index contributed by atoms with van der Waals surface area (Å²) in [6.45, 7) is 16.5. The number of hydrogen-bond acceptors (Lipinski definition) is 3. The number of hydrogen-bond donors (Lipinski definition) is 0. The largest absolute Gasteiger partial charge is 0.457 e. The van der Waals surface area contributed by atoms with Crippen molar-refractivity contribution in [1.29, 1.82) is 0 Å². The van der Waals surface area contributed by atoms with Crippen molar-refractivity contribution in [1.82, 2.24) is 9.80 Å². The monoisotopic (exact) mass is 416 g/mol. The van der Waals surface area contributed by atoms with Crippen molar-refractivity contribution in [3.63, 3.8) is 0 Å². The average Bonchev–Trinajstić information content (AvgIpc) is 2.79. The fraction of sp³-hybridized carbons (Fsp3) is 0.154. The predicted molar refractivity (Wildman–Crippen MR) is 126 cm³/mol. The predicted octanol–water partition coefficient (Wildman–Crippen LogP) is 5.11. The Kier molecular flexibility index (Phi) is 9.05. The van der Waals surface area contributed by atoms with Gasteiger partial charge in [-0.1, -0.05) is 24.3 Å². The molecule has 2 rings (SSSR count). The molecule has 0 aliphatic heterocycles. The first-order chi connectivity index (χ1) is 15.0. The Bertz CT molecular complexity index is 833. The first-order valence-corrected chi connectivity index (χ1v) is 9.94. The molecule has 0 heterocycles. The molecule has 0 bridgehead atoms. The molecule has 0 aliphatic carbocycles. The van der Waals surface area contributed by atoms with Gasteiger partial charge >= 0.3 is 0 Å². The first-order valence-electron chi connectivity index (χ1n) is 9.94. The molecule has 0 unspecified atom stereocenters. The van der Waals surface area contributed by atoms with Crippen molar-refractivity contribution in [2.45, 2.75) is 0 Å². The Labute approximate surface area is 184 Å². The summed E-state index contributed by atoms with van der Waals surface area (Å²) < 4.78 is 5.84. The van der Waals surface area contributed by atoms with Gasteiger partial charge in [-0.3, -0.25) is 9.59 Å². The molecule has 0 radical (unpaired) electrons. The summed E-state index contributed by atoms with van der Waals surface area (Å²) in [4.78, 5) is 28.5. The third kappa shape index (κ3) is 6.57. The van der Waals surface area contributed by atoms with Crippen LogP contribution in [-0.2, 0) is 0 Å². The van der Waals surface area contributed by atoms with E-state index in [1.165, 1.54) is 0 Å². The van der Waals surface area contributed by atoms with Crippen LogP contribution in [0, 0.1) is 0 Å². The second kappa shape index (κ2) is 12.0. The fourth-order valence-corrected chi connectivity index (χ4v) is 2.94. The highest BCUT2D eigenvalue weighted by Gasteiger charge is 2.15. The van der Waals surface area contributed by atoms with E-state index >= 15 is 0 Å². The van der Waals surface area contributed by atoms with Crippen LogP contribution in [0.25, 0.3) is 0 Å². The lowest BCUT2D eigenvalue weighted by Gasteiger charge is -2.19. The minimum absolute atomic E-state index is 0.0992. The first kappa shape index (κ1) is 23.4. The smallest absolute Gasteiger partial charge is 0.254 e. The zero-order valence-corrected chi connectivity index (χ0v) is 17.7. The van der Waals surface area contributed by atoms with Gasteiger partial charge in [0.2, 0.25) is 0 Å². The maximum Gasteiger partial charge on any atom is 0.254 e. The Morgan fingerprint density at radius 3 is 1.16 bits per heavy atom. The van der Waals surface area contributed by atoms with Crippen molar-refractivity contribution in [2.75, 3.05) is 26.2 Å². The molecular formula is C26H28N2O3. The lowest BCUT2D eigenvalue weighted by Crippen LogP contribution is -2.31. The van der Waals surface area contributed by atoms with E-state index in [0.717, 1.165) is 0 Å². The molecule has 5 heteroatoms. The summed E-state index contributed by atoms with van der Waals surface area (Å²) >= 11 is 0. The fourth-order valence-electron chi connectivity index (χ4n) is 2.94. The molecule has 0 saturated carbocycles. The van der Waals surface area contributed by atoms with Crippen LogP contribution in [0.2, 0.25) is 0 Å². The van der Waals surface area contributed by atoms with Gasteiger partial charge in [-0.15, -0.1) is 26.3 Å². The van der Waals surface area contributed by atoms with Gasteiger partial charge in [-0.05, 0) is 48.5 Å². The molecule has 31 heavy (non-hydrogen) atoms. The highest BCUT2D eigenvalue weighted by Crippen LogP contribution is 2.23. The van der Waals surface area contributed by atoms with Crippen LogP contribution in [0.1, 0.15) is 20.7 Å². The van der Waals surface area contributed by atoms with Gasteiger partial charge < -0.3 is 14.5 Å². The van der Waals surface area contributed by atoms with E-state index < -0.39 is 0 Å². The number of amides is 2. The number of rotatable bonds is 12. The minimum Gasteiger partial charge on any atom is -0.457 e. The van der Waals surface area contributed by atoms with Gasteiger partial charge in [0.05, 0.1) is 0 Å². The molecule has 0 atom stereocenters. The third-order valence-electron chi connectivity index (χ3n) is 4.41. The average molecular weight is 417 g/mol. The lowest BCUT2D eigenvalue weighted by atomic mass is 10.1. The molecule has 2 amide bonds. The molecule has 160 valence electrons. The summed E-state index contributed by atoms with van der Waals surface area (Å²) in [6, 6.07) is 13.8. The van der Waals surface area contributed by atoms with Gasteiger partial charge in [0.1, 0.15) is 11.5 Å². The van der Waals surface area contributed by atoms with Crippen LogP contribution in [0.15, 0.2) is 99.2 Å². The van der Waals surface area contributed by atoms with Gasteiger partial charge in [0, 0.05) is 37.3 Å². The van der Waals surface area contributed by atoms with Gasteiger partial charge in [0.25, 0.3) is 11.8 Å². The van der Waals surface area contributed by atoms with Crippen LogP contribution in [-0.4, -0.2) is 47.8 Å². The summed E-state index contributed by atoms with van der Waals surface area (Å²) in [7, 11) is 0. The zero-order valence-electron chi connectivity index (χ0n) is 17.7. The van der Waals surface area contributed by atoms with Crippen LogP contribution in [0.4, 0.5) is 0 Å². The van der Waals surface area contributed by atoms with Crippen molar-refractivity contribution in [3.05, 3.63) is 110 Å². The highest BCUT2D eigenvalue weighted by atomic mass is 16.5. The summed E-state index contributed by atoms with van der Waals surface area (Å²) in [5.74, 6) is 0.986. The number of ether oxygens (including phenoxy) is 1. The maximum atomic E-state index is 12.6. The summed E-state index contributed by atoms with van der Waals surface area (Å²) in [5, 5.41) is 0. The molecule has 0 saturated heterocycles. The summed E-state index contributed by atoms with van der Waals surface area (Å²) in [6.07, 6.45) is 6.73. The molecule has 0 fully saturated rings. The van der Waals surface area contributed by atoms with E-state index in [4.69, 9.17) is 4.74 Å². The molecular weight excluding hydrogens is 388 g/mol. The Balaban J connectivity index is 2.06. The van der Waals surface area contributed by atoms with E-state index in [1.807, 2.05) is 0 Å². The van der Waals surface area contributed by atoms with Gasteiger partial charge in [-0.25, -0.2) is 0 Å². The number of benzene rings is 2. The summed E-state index contributed by atoms with van der Waals surface area (Å²) in [5.41, 5.74) is 1.11. The maximum absolute atomic E-state index is 12.6. The quantitative estimate of drug-likeness (QED) is 0.452. The molecule has 0 aliphatic rings. The molecule has 0 spiro atoms. The molecule has 5 nitrogen and oxygen atoms in total. The molecule has 0 aromatic heterocycles. The van der Waals surface area contributed by atoms with Gasteiger partial charge in [0.15, 0.2) is 0 Å². The minimum atomic E-state index is -0.0992. The Morgan fingerprint density at radius 1 is 0.613 bits per heavy atom. The van der Waals surface area contributed by atoms with Crippen LogP contribution in [0.5, 0.6) is 11.5 Å². The molecule has 2 aromatic carbocycles. The Hall–Kier alpha value is -3.86. The SMILES string of the molecule is C=CCN(CC=C)C(=O)c1ccc(Oc2ccc(C(=O)N(CC=C)CC=C)cc2)cc1. The Morgan fingerprint density at radius 2 is 0.903 bits per heavy atom. The van der Waals surface area contributed by atoms with E-state index in [0.29, 0.717) is 48.8 Å². The van der Waals surface area contributed by atoms with E-state index in [-0.39, 0.29) is 11.8 Å². The van der Waals surface area contributed by atoms with E-state index in [1.54, 1.807) is 82.6 Å². The van der Waals surface area contributed by atoms with Crippen molar-refractivity contribution in [3.8, 4) is 11.5 Å². The van der Waals surface area contributed by atoms with Crippen LogP contribution >= 0.6 is 0 Å². The molecule has 0 N–H and O–H groups in total. The standard InChI is InChI=1S/C26H28N2O3/c1-5-17-27(18-6-2)25(29)21-9-13-23(14-10-21)31-24-15-11-22(12-16-24)26(30)28(19-7-3)20-8-4/h5-16H,1-4,17-20H2. The zero-order chi connectivity index (χ0) is 22.6. The van der Waals surface area contributed by atoms with Crippen molar-refractivity contribution in [2.24, 2.45) is 0 Å². The van der Waals surface area contributed by atoms with Crippen molar-refractivity contribution >= 4 is 11.8 Å². The normalized spacial score (nSPS) is 9.94. The second-order valence-electron chi connectivity index (χ2n) is 6.73. The highest BCUT2D eigenvalue weighted by molar-refractivity contribution is 5.95. The lowest BCUT2D eigenvalue weighted by molar-refractivity contribution is 0.0783. The number of carbonyl (C=O) groups is 2. The van der Waals surface area contributed by atoms with Crippen molar-refractivity contribution < 1.29 is 14.3 Å².